The number of carbonyl (C=O) groups excluding carboxylic acids is 2. The third-order valence-corrected chi connectivity index (χ3v) is 9.18. The van der Waals surface area contributed by atoms with Crippen LogP contribution in [0.25, 0.3) is 0 Å². The smallest absolute Gasteiger partial charge is 0.353 e. The summed E-state index contributed by atoms with van der Waals surface area (Å²) in [5.74, 6) is -1.43. The van der Waals surface area contributed by atoms with Crippen molar-refractivity contribution in [3.8, 4) is 0 Å². The summed E-state index contributed by atoms with van der Waals surface area (Å²) >= 11 is 0. The Bertz CT molecular complexity index is 1220. The Kier molecular flexibility index (Phi) is 9.75. The molecule has 6 nitrogen and oxygen atoms in total. The Morgan fingerprint density at radius 2 is 1.71 bits per heavy atom. The Morgan fingerprint density at radius 1 is 1.03 bits per heavy atom. The highest BCUT2D eigenvalue weighted by molar-refractivity contribution is 7.91. The van der Waals surface area contributed by atoms with Gasteiger partial charge in [-0.25, -0.2) is 8.42 Å². The first kappa shape index (κ1) is 29.8. The highest BCUT2D eigenvalue weighted by Gasteiger charge is 2.37. The SMILES string of the molecule is CC(C)N(C)[C@@H]1CC[C@H](NC(=O)CCC(=O)c2cccc(C(F)(F)F)c2)[C@H](CS(=O)(=O)c2ccccc2)C1. The van der Waals surface area contributed by atoms with Crippen molar-refractivity contribution in [2.75, 3.05) is 12.8 Å². The van der Waals surface area contributed by atoms with E-state index in [2.05, 4.69) is 24.1 Å². The van der Waals surface area contributed by atoms with Gasteiger partial charge in [-0.1, -0.05) is 30.3 Å². The quantitative estimate of drug-likeness (QED) is 0.413. The highest BCUT2D eigenvalue weighted by atomic mass is 32.2. The van der Waals surface area contributed by atoms with Gasteiger partial charge >= 0.3 is 6.18 Å². The van der Waals surface area contributed by atoms with Gasteiger partial charge in [-0.3, -0.25) is 9.59 Å². The molecule has 208 valence electrons. The van der Waals surface area contributed by atoms with Gasteiger partial charge in [0.25, 0.3) is 0 Å². The number of nitrogens with zero attached hydrogens (tertiary/aromatic N) is 1. The molecule has 0 spiro atoms. The van der Waals surface area contributed by atoms with Gasteiger partial charge in [-0.2, -0.15) is 13.2 Å². The molecule has 2 aromatic carbocycles. The molecule has 1 amide bonds. The van der Waals surface area contributed by atoms with Gasteiger partial charge in [-0.15, -0.1) is 0 Å². The monoisotopic (exact) mass is 552 g/mol. The number of alkyl halides is 3. The van der Waals surface area contributed by atoms with Crippen LogP contribution in [-0.4, -0.2) is 55.9 Å². The van der Waals surface area contributed by atoms with Crippen molar-refractivity contribution in [3.63, 3.8) is 0 Å². The second-order valence-electron chi connectivity index (χ2n) is 10.3. The number of rotatable bonds is 10. The first-order valence-electron chi connectivity index (χ1n) is 12.8. The van der Waals surface area contributed by atoms with Gasteiger partial charge in [0.05, 0.1) is 16.2 Å². The Hall–Kier alpha value is -2.72. The van der Waals surface area contributed by atoms with E-state index in [-0.39, 0.29) is 53.1 Å². The van der Waals surface area contributed by atoms with Gasteiger partial charge in [0.15, 0.2) is 15.6 Å². The maximum Gasteiger partial charge on any atom is 0.416 e. The number of carbonyl (C=O) groups is 2. The minimum atomic E-state index is -4.56. The molecule has 1 fully saturated rings. The number of ketones is 1. The number of halogens is 3. The van der Waals surface area contributed by atoms with Gasteiger partial charge < -0.3 is 10.2 Å². The second kappa shape index (κ2) is 12.4. The molecule has 0 aromatic heterocycles. The van der Waals surface area contributed by atoms with Gasteiger partial charge in [0.1, 0.15) is 0 Å². The van der Waals surface area contributed by atoms with Crippen LogP contribution in [-0.2, 0) is 20.8 Å². The lowest BCUT2D eigenvalue weighted by Crippen LogP contribution is -2.51. The van der Waals surface area contributed by atoms with Crippen molar-refractivity contribution < 1.29 is 31.2 Å². The number of amides is 1. The van der Waals surface area contributed by atoms with Crippen molar-refractivity contribution in [1.29, 1.82) is 0 Å². The summed E-state index contributed by atoms with van der Waals surface area (Å²) < 4.78 is 65.2. The van der Waals surface area contributed by atoms with Crippen LogP contribution in [0.2, 0.25) is 0 Å². The zero-order valence-corrected chi connectivity index (χ0v) is 22.7. The Balaban J connectivity index is 1.68. The molecular formula is C28H35F3N2O4S. The van der Waals surface area contributed by atoms with Crippen LogP contribution >= 0.6 is 0 Å². The first-order valence-corrected chi connectivity index (χ1v) is 14.4. The Labute approximate surface area is 222 Å². The number of hydrogen-bond acceptors (Lipinski definition) is 5. The van der Waals surface area contributed by atoms with Crippen molar-refractivity contribution in [2.45, 2.75) is 75.1 Å². The van der Waals surface area contributed by atoms with Gasteiger partial charge in [0.2, 0.25) is 5.91 Å². The molecule has 1 saturated carbocycles. The maximum absolute atomic E-state index is 13.2. The molecule has 3 atom stereocenters. The normalized spacial score (nSPS) is 20.5. The summed E-state index contributed by atoms with van der Waals surface area (Å²) in [6.45, 7) is 4.15. The number of Topliss-reactive ketones (excluding diaryl/α,β-unsaturated/α-hetero) is 1. The molecule has 1 aliphatic carbocycles. The van der Waals surface area contributed by atoms with Crippen LogP contribution in [0.15, 0.2) is 59.5 Å². The van der Waals surface area contributed by atoms with Crippen LogP contribution in [0.5, 0.6) is 0 Å². The lowest BCUT2D eigenvalue weighted by molar-refractivity contribution is -0.137. The summed E-state index contributed by atoms with van der Waals surface area (Å²) in [5.41, 5.74) is -1.02. The van der Waals surface area contributed by atoms with Crippen molar-refractivity contribution in [2.24, 2.45) is 5.92 Å². The lowest BCUT2D eigenvalue weighted by Gasteiger charge is -2.41. The number of nitrogens with one attached hydrogen (secondary N) is 1. The predicted octanol–water partition coefficient (Wildman–Crippen LogP) is 5.14. The van der Waals surface area contributed by atoms with Crippen LogP contribution in [0.4, 0.5) is 13.2 Å². The summed E-state index contributed by atoms with van der Waals surface area (Å²) in [4.78, 5) is 27.7. The summed E-state index contributed by atoms with van der Waals surface area (Å²) in [5, 5.41) is 2.92. The van der Waals surface area contributed by atoms with Crippen LogP contribution in [0.3, 0.4) is 0 Å². The van der Waals surface area contributed by atoms with Crippen molar-refractivity contribution >= 4 is 21.5 Å². The van der Waals surface area contributed by atoms with Crippen LogP contribution < -0.4 is 5.32 Å². The molecule has 1 aliphatic rings. The van der Waals surface area contributed by atoms with E-state index in [4.69, 9.17) is 0 Å². The summed E-state index contributed by atoms with van der Waals surface area (Å²) in [7, 11) is -1.58. The maximum atomic E-state index is 13.2. The summed E-state index contributed by atoms with van der Waals surface area (Å²) in [6, 6.07) is 12.4. The van der Waals surface area contributed by atoms with Gasteiger partial charge in [-0.05, 0) is 70.3 Å². The molecule has 0 unspecified atom stereocenters. The van der Waals surface area contributed by atoms with E-state index in [1.165, 1.54) is 12.1 Å². The molecule has 0 heterocycles. The average molecular weight is 553 g/mol. The molecule has 3 rings (SSSR count). The fourth-order valence-electron chi connectivity index (χ4n) is 4.93. The number of benzene rings is 2. The standard InChI is InChI=1S/C28H35F3N2O4S/c1-19(2)33(3)23-12-13-25(21(17-23)18-38(36,37)24-10-5-4-6-11-24)32-27(35)15-14-26(34)20-8-7-9-22(16-20)28(29,30)31/h4-11,16,19,21,23,25H,12-15,17-18H2,1-3H3,(H,32,35)/t21-,23+,25-/m0/s1. The average Bonchev–Trinajstić information content (AvgIpc) is 2.87. The minimum absolute atomic E-state index is 0.100. The largest absolute Gasteiger partial charge is 0.416 e. The molecule has 2 aromatic rings. The molecule has 1 N–H and O–H groups in total. The van der Waals surface area contributed by atoms with Crippen LogP contribution in [0.1, 0.15) is 61.9 Å². The molecular weight excluding hydrogens is 517 g/mol. The summed E-state index contributed by atoms with van der Waals surface area (Å²) in [6.07, 6.45) is -3.04. The fraction of sp³-hybridized carbons (Fsp3) is 0.500. The molecule has 0 saturated heterocycles. The fourth-order valence-corrected chi connectivity index (χ4v) is 6.63. The van der Waals surface area contributed by atoms with E-state index in [9.17, 15) is 31.2 Å². The molecule has 10 heteroatoms. The predicted molar refractivity (Wildman–Crippen MR) is 139 cm³/mol. The van der Waals surface area contributed by atoms with Crippen molar-refractivity contribution in [3.05, 3.63) is 65.7 Å². The van der Waals surface area contributed by atoms with Gasteiger partial charge in [0, 0.05) is 36.5 Å². The van der Waals surface area contributed by atoms with E-state index in [1.54, 1.807) is 30.3 Å². The molecule has 0 radical (unpaired) electrons. The Morgan fingerprint density at radius 3 is 2.34 bits per heavy atom. The van der Waals surface area contributed by atoms with E-state index in [1.807, 2.05) is 7.05 Å². The highest BCUT2D eigenvalue weighted by Crippen LogP contribution is 2.32. The molecule has 0 aliphatic heterocycles. The number of hydrogen-bond donors (Lipinski definition) is 1. The zero-order chi connectivity index (χ0) is 28.1. The van der Waals surface area contributed by atoms with E-state index >= 15 is 0 Å². The van der Waals surface area contributed by atoms with Crippen molar-refractivity contribution in [1.82, 2.24) is 10.2 Å². The number of sulfone groups is 1. The van der Waals surface area contributed by atoms with E-state index in [0.717, 1.165) is 18.6 Å². The zero-order valence-electron chi connectivity index (χ0n) is 21.9. The first-order chi connectivity index (χ1) is 17.8. The second-order valence-corrected chi connectivity index (χ2v) is 12.3. The minimum Gasteiger partial charge on any atom is -0.353 e. The third-order valence-electron chi connectivity index (χ3n) is 7.32. The third kappa shape index (κ3) is 7.89. The molecule has 38 heavy (non-hydrogen) atoms. The molecule has 0 bridgehead atoms. The topological polar surface area (TPSA) is 83.6 Å². The lowest BCUT2D eigenvalue weighted by atomic mass is 9.81. The van der Waals surface area contributed by atoms with E-state index in [0.29, 0.717) is 12.8 Å². The van der Waals surface area contributed by atoms with Crippen LogP contribution in [0, 0.1) is 5.92 Å². The van der Waals surface area contributed by atoms with E-state index < -0.39 is 33.3 Å².